The van der Waals surface area contributed by atoms with E-state index in [-0.39, 0.29) is 0 Å². The molecular weight excluding hydrogens is 328 g/mol. The van der Waals surface area contributed by atoms with Gasteiger partial charge in [-0.2, -0.15) is 0 Å². The molecule has 1 aromatic carbocycles. The van der Waals surface area contributed by atoms with E-state index in [0.29, 0.717) is 5.82 Å². The van der Waals surface area contributed by atoms with Gasteiger partial charge in [-0.05, 0) is 57.3 Å². The number of rotatable bonds is 3. The number of aromatic nitrogens is 2. The Morgan fingerprint density at radius 2 is 1.88 bits per heavy atom. The predicted octanol–water partition coefficient (Wildman–Crippen LogP) is 5.03. The zero-order valence-electron chi connectivity index (χ0n) is 15.3. The van der Waals surface area contributed by atoms with E-state index in [1.165, 1.54) is 5.56 Å². The minimum atomic E-state index is -0.552. The molecule has 0 aliphatic carbocycles. The number of nitrogens with one attached hydrogen (secondary N) is 2. The van der Waals surface area contributed by atoms with Crippen LogP contribution in [0.25, 0.3) is 10.8 Å². The third kappa shape index (κ3) is 4.47. The number of hydrogen-bond donors (Lipinski definition) is 2. The highest BCUT2D eigenvalue weighted by molar-refractivity contribution is 5.93. The van der Waals surface area contributed by atoms with Crippen molar-refractivity contribution in [3.63, 3.8) is 0 Å². The molecule has 6 heteroatoms. The van der Waals surface area contributed by atoms with Crippen molar-refractivity contribution in [2.24, 2.45) is 0 Å². The number of pyridine rings is 2. The highest BCUT2D eigenvalue weighted by Crippen LogP contribution is 2.25. The van der Waals surface area contributed by atoms with Crippen molar-refractivity contribution in [1.29, 1.82) is 0 Å². The quantitative estimate of drug-likeness (QED) is 0.693. The van der Waals surface area contributed by atoms with Crippen LogP contribution in [0.3, 0.4) is 0 Å². The molecule has 1 amide bonds. The van der Waals surface area contributed by atoms with Gasteiger partial charge in [0.2, 0.25) is 0 Å². The Bertz CT molecular complexity index is 931. The molecule has 3 rings (SSSR count). The summed E-state index contributed by atoms with van der Waals surface area (Å²) in [7, 11) is 0. The number of hydrogen-bond acceptors (Lipinski definition) is 5. The van der Waals surface area contributed by atoms with E-state index in [4.69, 9.17) is 4.74 Å². The summed E-state index contributed by atoms with van der Waals surface area (Å²) in [5.41, 5.74) is 1.40. The van der Waals surface area contributed by atoms with Crippen LogP contribution in [0.4, 0.5) is 22.1 Å². The van der Waals surface area contributed by atoms with E-state index in [1.807, 2.05) is 32.9 Å². The fourth-order valence-electron chi connectivity index (χ4n) is 2.47. The first-order valence-electron chi connectivity index (χ1n) is 8.39. The second kappa shape index (κ2) is 7.00. The molecule has 134 valence electrons. The lowest BCUT2D eigenvalue weighted by atomic mass is 10.1. The van der Waals surface area contributed by atoms with Gasteiger partial charge in [-0.3, -0.25) is 5.32 Å². The zero-order valence-corrected chi connectivity index (χ0v) is 15.3. The molecule has 0 saturated carbocycles. The molecule has 0 aliphatic heterocycles. The molecule has 0 spiro atoms. The molecule has 3 aromatic rings. The van der Waals surface area contributed by atoms with Crippen LogP contribution in [0.5, 0.6) is 0 Å². The summed E-state index contributed by atoms with van der Waals surface area (Å²) in [5, 5.41) is 8.05. The number of benzene rings is 1. The smallest absolute Gasteiger partial charge is 0.413 e. The molecule has 0 atom stereocenters. The summed E-state index contributed by atoms with van der Waals surface area (Å²) in [6.45, 7) is 7.48. The van der Waals surface area contributed by atoms with Crippen molar-refractivity contribution in [3.05, 3.63) is 54.4 Å². The highest BCUT2D eigenvalue weighted by atomic mass is 16.6. The van der Waals surface area contributed by atoms with Gasteiger partial charge in [-0.1, -0.05) is 17.7 Å². The Hall–Kier alpha value is -3.15. The maximum Gasteiger partial charge on any atom is 0.413 e. The van der Waals surface area contributed by atoms with Crippen molar-refractivity contribution in [2.45, 2.75) is 33.3 Å². The summed E-state index contributed by atoms with van der Waals surface area (Å²) in [4.78, 5) is 20.4. The van der Waals surface area contributed by atoms with E-state index in [9.17, 15) is 4.79 Å². The number of carbonyl (C=O) groups is 1. The second-order valence-corrected chi connectivity index (χ2v) is 7.07. The summed E-state index contributed by atoms with van der Waals surface area (Å²) in [6, 6.07) is 11.8. The third-order valence-corrected chi connectivity index (χ3v) is 3.58. The molecule has 0 unspecified atom stereocenters. The summed E-state index contributed by atoms with van der Waals surface area (Å²) in [5.74, 6) is 1.19. The zero-order chi connectivity index (χ0) is 18.7. The topological polar surface area (TPSA) is 76.1 Å². The Morgan fingerprint density at radius 1 is 1.08 bits per heavy atom. The number of fused-ring (bicyclic) bond motifs is 1. The number of ether oxygens (including phenoxy) is 1. The van der Waals surface area contributed by atoms with Crippen LogP contribution in [-0.2, 0) is 4.74 Å². The van der Waals surface area contributed by atoms with Gasteiger partial charge >= 0.3 is 6.09 Å². The molecule has 26 heavy (non-hydrogen) atoms. The molecule has 6 nitrogen and oxygen atoms in total. The lowest BCUT2D eigenvalue weighted by molar-refractivity contribution is 0.0635. The van der Waals surface area contributed by atoms with Crippen LogP contribution in [0.15, 0.2) is 48.8 Å². The van der Waals surface area contributed by atoms with Gasteiger partial charge in [-0.25, -0.2) is 14.8 Å². The second-order valence-electron chi connectivity index (χ2n) is 7.07. The first-order valence-corrected chi connectivity index (χ1v) is 8.39. The van der Waals surface area contributed by atoms with Gasteiger partial charge < -0.3 is 10.1 Å². The molecular formula is C20H22N4O2. The molecule has 0 fully saturated rings. The monoisotopic (exact) mass is 350 g/mol. The van der Waals surface area contributed by atoms with Crippen molar-refractivity contribution < 1.29 is 9.53 Å². The van der Waals surface area contributed by atoms with Crippen LogP contribution in [0.1, 0.15) is 26.3 Å². The van der Waals surface area contributed by atoms with Gasteiger partial charge in [0.05, 0.1) is 11.9 Å². The molecule has 2 aromatic heterocycles. The fraction of sp³-hybridized carbons (Fsp3) is 0.250. The minimum absolute atomic E-state index is 0.423. The van der Waals surface area contributed by atoms with E-state index in [2.05, 4.69) is 45.7 Å². The van der Waals surface area contributed by atoms with E-state index in [0.717, 1.165) is 22.3 Å². The van der Waals surface area contributed by atoms with Crippen LogP contribution in [0.2, 0.25) is 0 Å². The molecule has 2 N–H and O–H groups in total. The lowest BCUT2D eigenvalue weighted by Crippen LogP contribution is -2.27. The number of nitrogens with zero attached hydrogens (tertiary/aromatic N) is 2. The summed E-state index contributed by atoms with van der Waals surface area (Å²) < 4.78 is 5.21. The van der Waals surface area contributed by atoms with Crippen LogP contribution >= 0.6 is 0 Å². The number of aryl methyl sites for hydroxylation is 1. The van der Waals surface area contributed by atoms with E-state index >= 15 is 0 Å². The first-order chi connectivity index (χ1) is 12.3. The largest absolute Gasteiger partial charge is 0.444 e. The van der Waals surface area contributed by atoms with Gasteiger partial charge in [0.15, 0.2) is 0 Å². The minimum Gasteiger partial charge on any atom is -0.444 e. The van der Waals surface area contributed by atoms with Gasteiger partial charge in [0.1, 0.15) is 17.2 Å². The van der Waals surface area contributed by atoms with Crippen LogP contribution < -0.4 is 10.6 Å². The fourth-order valence-corrected chi connectivity index (χ4v) is 2.47. The SMILES string of the molecule is Cc1ccc2ccnc(Nc3ccc(NC(=O)OC(C)(C)C)nc3)c2c1. The maximum absolute atomic E-state index is 11.8. The normalized spacial score (nSPS) is 11.2. The van der Waals surface area contributed by atoms with Crippen LogP contribution in [0, 0.1) is 6.92 Å². The van der Waals surface area contributed by atoms with Gasteiger partial charge in [0.25, 0.3) is 0 Å². The Morgan fingerprint density at radius 3 is 2.58 bits per heavy atom. The van der Waals surface area contributed by atoms with E-state index < -0.39 is 11.7 Å². The molecule has 0 radical (unpaired) electrons. The van der Waals surface area contributed by atoms with Crippen LogP contribution in [-0.4, -0.2) is 21.7 Å². The molecule has 0 aliphatic rings. The maximum atomic E-state index is 11.8. The Balaban J connectivity index is 1.74. The van der Waals surface area contributed by atoms with Crippen molar-refractivity contribution in [3.8, 4) is 0 Å². The molecule has 2 heterocycles. The average Bonchev–Trinajstić information content (AvgIpc) is 2.55. The van der Waals surface area contributed by atoms with Gasteiger partial charge in [0, 0.05) is 11.6 Å². The van der Waals surface area contributed by atoms with Gasteiger partial charge in [-0.15, -0.1) is 0 Å². The highest BCUT2D eigenvalue weighted by Gasteiger charge is 2.16. The lowest BCUT2D eigenvalue weighted by Gasteiger charge is -2.19. The molecule has 0 saturated heterocycles. The summed E-state index contributed by atoms with van der Waals surface area (Å²) >= 11 is 0. The first kappa shape index (κ1) is 17.7. The van der Waals surface area contributed by atoms with E-state index in [1.54, 1.807) is 18.5 Å². The molecule has 0 bridgehead atoms. The average molecular weight is 350 g/mol. The number of anilines is 3. The van der Waals surface area contributed by atoms with Crippen molar-refractivity contribution in [2.75, 3.05) is 10.6 Å². The number of carbonyl (C=O) groups excluding carboxylic acids is 1. The van der Waals surface area contributed by atoms with Crippen molar-refractivity contribution >= 4 is 34.2 Å². The third-order valence-electron chi connectivity index (χ3n) is 3.58. The standard InChI is InChI=1S/C20H22N4O2/c1-13-5-6-14-9-10-21-18(16(14)11-13)23-15-7-8-17(22-12-15)24-19(25)26-20(2,3)4/h5-12H,1-4H3,(H,21,23)(H,22,24,25). The predicted molar refractivity (Wildman–Crippen MR) is 104 cm³/mol. The number of amides is 1. The Kier molecular flexibility index (Phi) is 4.75. The van der Waals surface area contributed by atoms with Crippen molar-refractivity contribution in [1.82, 2.24) is 9.97 Å². The Labute approximate surface area is 152 Å². The summed E-state index contributed by atoms with van der Waals surface area (Å²) in [6.07, 6.45) is 2.88.